The monoisotopic (exact) mass is 266 g/mol. The minimum absolute atomic E-state index is 0.817. The molecule has 0 spiro atoms. The van der Waals surface area contributed by atoms with E-state index in [1.54, 1.807) is 0 Å². The molecule has 3 nitrogen and oxygen atoms in total. The van der Waals surface area contributed by atoms with Gasteiger partial charge in [0.2, 0.25) is 0 Å². The van der Waals surface area contributed by atoms with Crippen LogP contribution in [0.25, 0.3) is 0 Å². The Hall–Kier alpha value is -1.13. The fraction of sp³-hybridized carbons (Fsp3) is 0.500. The first kappa shape index (κ1) is 14.9. The molecule has 0 bridgehead atoms. The van der Waals surface area contributed by atoms with Crippen molar-refractivity contribution in [2.75, 3.05) is 34.2 Å². The average molecular weight is 266 g/mol. The lowest BCUT2D eigenvalue weighted by atomic mass is 10.1. The van der Waals surface area contributed by atoms with Crippen molar-refractivity contribution in [1.29, 1.82) is 0 Å². The van der Waals surface area contributed by atoms with Crippen LogP contribution in [-0.4, -0.2) is 44.2 Å². The number of hydrogen-bond donors (Lipinski definition) is 2. The van der Waals surface area contributed by atoms with Crippen LogP contribution in [0.2, 0.25) is 0 Å². The van der Waals surface area contributed by atoms with Gasteiger partial charge in [-0.25, -0.2) is 0 Å². The molecule has 0 radical (unpaired) electrons. The zero-order valence-electron chi connectivity index (χ0n) is 11.8. The maximum absolute atomic E-state index is 5.36. The van der Waals surface area contributed by atoms with Gasteiger partial charge in [0.05, 0.1) is 27.2 Å². The first-order valence-corrected chi connectivity index (χ1v) is 6.73. The standard InChI is InChI=1S/C14H23N3S/c1-12-5-7-13(8-6-12)11-17(4)14(18)15-9-10-16(2)3/h5-8H,9-11H2,1-4H3,(H,15,18)/p+1. The van der Waals surface area contributed by atoms with Crippen molar-refractivity contribution in [1.82, 2.24) is 10.2 Å². The van der Waals surface area contributed by atoms with Crippen LogP contribution in [0, 0.1) is 6.92 Å². The van der Waals surface area contributed by atoms with Crippen LogP contribution in [0.1, 0.15) is 11.1 Å². The van der Waals surface area contributed by atoms with Crippen LogP contribution in [0.15, 0.2) is 24.3 Å². The lowest BCUT2D eigenvalue weighted by Gasteiger charge is -2.21. The number of quaternary nitrogens is 1. The Balaban J connectivity index is 2.37. The van der Waals surface area contributed by atoms with E-state index in [4.69, 9.17) is 12.2 Å². The summed E-state index contributed by atoms with van der Waals surface area (Å²) in [6.45, 7) is 4.93. The van der Waals surface area contributed by atoms with E-state index in [0.717, 1.165) is 24.7 Å². The first-order chi connectivity index (χ1) is 8.49. The molecule has 1 aromatic carbocycles. The summed E-state index contributed by atoms with van der Waals surface area (Å²) in [6.07, 6.45) is 0. The van der Waals surface area contributed by atoms with Gasteiger partial charge in [-0.15, -0.1) is 0 Å². The number of aryl methyl sites for hydroxylation is 1. The van der Waals surface area contributed by atoms with Crippen LogP contribution in [0.4, 0.5) is 0 Å². The Morgan fingerprint density at radius 3 is 2.44 bits per heavy atom. The molecule has 1 rings (SSSR count). The third-order valence-electron chi connectivity index (χ3n) is 2.79. The highest BCUT2D eigenvalue weighted by Gasteiger charge is 2.05. The van der Waals surface area contributed by atoms with Gasteiger partial charge in [0.15, 0.2) is 5.11 Å². The summed E-state index contributed by atoms with van der Waals surface area (Å²) in [4.78, 5) is 3.50. The van der Waals surface area contributed by atoms with E-state index in [-0.39, 0.29) is 0 Å². The molecule has 0 fully saturated rings. The summed E-state index contributed by atoms with van der Waals surface area (Å²) >= 11 is 5.36. The molecule has 0 heterocycles. The number of rotatable bonds is 5. The molecule has 2 N–H and O–H groups in total. The lowest BCUT2D eigenvalue weighted by molar-refractivity contribution is -0.856. The molecule has 0 saturated heterocycles. The predicted molar refractivity (Wildman–Crippen MR) is 80.9 cm³/mol. The number of hydrogen-bond acceptors (Lipinski definition) is 1. The number of nitrogens with one attached hydrogen (secondary N) is 2. The van der Waals surface area contributed by atoms with Crippen molar-refractivity contribution in [3.05, 3.63) is 35.4 Å². The van der Waals surface area contributed by atoms with Crippen LogP contribution in [-0.2, 0) is 6.54 Å². The third-order valence-corrected chi connectivity index (χ3v) is 3.24. The zero-order chi connectivity index (χ0) is 13.5. The van der Waals surface area contributed by atoms with E-state index in [1.807, 2.05) is 7.05 Å². The highest BCUT2D eigenvalue weighted by molar-refractivity contribution is 7.80. The molecule has 4 heteroatoms. The molecule has 0 unspecified atom stereocenters. The Labute approximate surface area is 116 Å². The predicted octanol–water partition coefficient (Wildman–Crippen LogP) is 0.446. The maximum Gasteiger partial charge on any atom is 0.169 e. The second-order valence-electron chi connectivity index (χ2n) is 5.03. The quantitative estimate of drug-likeness (QED) is 0.755. The molecule has 0 aliphatic rings. The van der Waals surface area contributed by atoms with Gasteiger partial charge in [-0.3, -0.25) is 0 Å². The number of nitrogens with zero attached hydrogens (tertiary/aromatic N) is 1. The summed E-state index contributed by atoms with van der Waals surface area (Å²) in [5.74, 6) is 0. The van der Waals surface area contributed by atoms with E-state index < -0.39 is 0 Å². The zero-order valence-corrected chi connectivity index (χ0v) is 12.6. The molecule has 0 aliphatic carbocycles. The van der Waals surface area contributed by atoms with E-state index in [1.165, 1.54) is 16.0 Å². The van der Waals surface area contributed by atoms with Crippen molar-refractivity contribution in [3.63, 3.8) is 0 Å². The maximum atomic E-state index is 5.36. The molecule has 0 atom stereocenters. The lowest BCUT2D eigenvalue weighted by Crippen LogP contribution is -3.06. The minimum atomic E-state index is 0.817. The molecule has 0 aromatic heterocycles. The number of likely N-dealkylation sites (N-methyl/N-ethyl adjacent to an activating group) is 1. The summed E-state index contributed by atoms with van der Waals surface area (Å²) in [5, 5.41) is 4.10. The van der Waals surface area contributed by atoms with Gasteiger partial charge < -0.3 is 15.1 Å². The number of thiocarbonyl (C=S) groups is 1. The SMILES string of the molecule is Cc1ccc(CN(C)C(=S)NCC[NH+](C)C)cc1. The van der Waals surface area contributed by atoms with Gasteiger partial charge >= 0.3 is 0 Å². The van der Waals surface area contributed by atoms with Gasteiger partial charge in [0.25, 0.3) is 0 Å². The summed E-state index contributed by atoms with van der Waals surface area (Å²) < 4.78 is 0. The molecule has 1 aromatic rings. The normalized spacial score (nSPS) is 10.5. The van der Waals surface area contributed by atoms with Crippen LogP contribution < -0.4 is 10.2 Å². The Kier molecular flexibility index (Phi) is 6.09. The Morgan fingerprint density at radius 2 is 1.89 bits per heavy atom. The van der Waals surface area contributed by atoms with Gasteiger partial charge in [-0.05, 0) is 24.7 Å². The Morgan fingerprint density at radius 1 is 1.28 bits per heavy atom. The molecule has 0 saturated carbocycles. The highest BCUT2D eigenvalue weighted by atomic mass is 32.1. The van der Waals surface area contributed by atoms with Crippen molar-refractivity contribution in [2.24, 2.45) is 0 Å². The fourth-order valence-electron chi connectivity index (χ4n) is 1.59. The van der Waals surface area contributed by atoms with E-state index >= 15 is 0 Å². The number of benzene rings is 1. The van der Waals surface area contributed by atoms with Gasteiger partial charge in [-0.1, -0.05) is 29.8 Å². The fourth-order valence-corrected chi connectivity index (χ4v) is 1.76. The second-order valence-corrected chi connectivity index (χ2v) is 5.42. The van der Waals surface area contributed by atoms with Crippen LogP contribution >= 0.6 is 12.2 Å². The van der Waals surface area contributed by atoms with Gasteiger partial charge in [0, 0.05) is 13.6 Å². The largest absolute Gasteiger partial charge is 0.357 e. The van der Waals surface area contributed by atoms with Crippen molar-refractivity contribution in [3.8, 4) is 0 Å². The van der Waals surface area contributed by atoms with Crippen molar-refractivity contribution >= 4 is 17.3 Å². The van der Waals surface area contributed by atoms with Crippen LogP contribution in [0.3, 0.4) is 0 Å². The van der Waals surface area contributed by atoms with Crippen LogP contribution in [0.5, 0.6) is 0 Å². The molecule has 100 valence electrons. The first-order valence-electron chi connectivity index (χ1n) is 6.32. The smallest absolute Gasteiger partial charge is 0.169 e. The second kappa shape index (κ2) is 7.34. The van der Waals surface area contributed by atoms with E-state index in [9.17, 15) is 0 Å². The summed E-state index contributed by atoms with van der Waals surface area (Å²) in [7, 11) is 6.30. The average Bonchev–Trinajstić information content (AvgIpc) is 2.31. The summed E-state index contributed by atoms with van der Waals surface area (Å²) in [6, 6.07) is 8.57. The Bertz CT molecular complexity index is 373. The molecule has 0 aliphatic heterocycles. The van der Waals surface area contributed by atoms with E-state index in [2.05, 4.69) is 55.5 Å². The summed E-state index contributed by atoms with van der Waals surface area (Å²) in [5.41, 5.74) is 2.57. The van der Waals surface area contributed by atoms with Gasteiger partial charge in [-0.2, -0.15) is 0 Å². The molecular weight excluding hydrogens is 242 g/mol. The minimum Gasteiger partial charge on any atom is -0.357 e. The molecule has 0 amide bonds. The highest BCUT2D eigenvalue weighted by Crippen LogP contribution is 2.05. The van der Waals surface area contributed by atoms with E-state index in [0.29, 0.717) is 0 Å². The topological polar surface area (TPSA) is 19.7 Å². The van der Waals surface area contributed by atoms with Crippen molar-refractivity contribution in [2.45, 2.75) is 13.5 Å². The van der Waals surface area contributed by atoms with Gasteiger partial charge in [0.1, 0.15) is 0 Å². The van der Waals surface area contributed by atoms with Crippen molar-refractivity contribution < 1.29 is 4.90 Å². The third kappa shape index (κ3) is 5.47. The molecular formula is C14H24N3S+. The molecule has 18 heavy (non-hydrogen) atoms.